The maximum Gasteiger partial charge on any atom is 0.335 e. The number of hydrogen-bond donors (Lipinski definition) is 2. The predicted octanol–water partition coefficient (Wildman–Crippen LogP) is 3.80. The molecule has 1 aliphatic rings. The fraction of sp³-hybridized carbons (Fsp3) is 0.278. The molecule has 3 rings (SSSR count). The smallest absolute Gasteiger partial charge is 0.335 e. The summed E-state index contributed by atoms with van der Waals surface area (Å²) in [5, 5.41) is 12.4. The van der Waals surface area contributed by atoms with Gasteiger partial charge in [-0.2, -0.15) is 0 Å². The Kier molecular flexibility index (Phi) is 5.14. The maximum atomic E-state index is 13.7. The van der Waals surface area contributed by atoms with Crippen LogP contribution >= 0.6 is 11.6 Å². The highest BCUT2D eigenvalue weighted by atomic mass is 35.5. The summed E-state index contributed by atoms with van der Waals surface area (Å²) in [5.74, 6) is -1.39. The van der Waals surface area contributed by atoms with Crippen molar-refractivity contribution in [3.05, 3.63) is 70.0 Å². The molecule has 0 saturated carbocycles. The highest BCUT2D eigenvalue weighted by molar-refractivity contribution is 6.30. The van der Waals surface area contributed by atoms with Gasteiger partial charge in [-0.3, -0.25) is 0 Å². The molecular formula is C18H17ClFNO3. The molecule has 2 aromatic rings. The van der Waals surface area contributed by atoms with Crippen molar-refractivity contribution in [3.8, 4) is 0 Å². The fourth-order valence-corrected chi connectivity index (χ4v) is 2.95. The lowest BCUT2D eigenvalue weighted by molar-refractivity contribution is 0.0697. The zero-order chi connectivity index (χ0) is 17.1. The fourth-order valence-electron chi connectivity index (χ4n) is 2.83. The van der Waals surface area contributed by atoms with E-state index in [0.717, 1.165) is 17.5 Å². The molecule has 0 radical (unpaired) electrons. The van der Waals surface area contributed by atoms with Crippen LogP contribution < -0.4 is 5.32 Å². The minimum absolute atomic E-state index is 0.0599. The molecule has 0 amide bonds. The first kappa shape index (κ1) is 16.9. The van der Waals surface area contributed by atoms with Crippen LogP contribution in [0.1, 0.15) is 34.0 Å². The second-order valence-electron chi connectivity index (χ2n) is 5.74. The highest BCUT2D eigenvalue weighted by Gasteiger charge is 2.29. The Hall–Kier alpha value is -1.95. The van der Waals surface area contributed by atoms with Gasteiger partial charge in [0, 0.05) is 19.2 Å². The van der Waals surface area contributed by atoms with Crippen LogP contribution in [0.5, 0.6) is 0 Å². The van der Waals surface area contributed by atoms with Crippen molar-refractivity contribution in [2.75, 3.05) is 6.61 Å². The molecule has 126 valence electrons. The lowest BCUT2D eigenvalue weighted by Gasteiger charge is -2.20. The van der Waals surface area contributed by atoms with E-state index in [4.69, 9.17) is 21.4 Å². The van der Waals surface area contributed by atoms with E-state index in [0.29, 0.717) is 13.2 Å². The van der Waals surface area contributed by atoms with Gasteiger partial charge in [0.15, 0.2) is 0 Å². The van der Waals surface area contributed by atoms with Crippen LogP contribution in [0.15, 0.2) is 42.5 Å². The normalized spacial score (nSPS) is 20.2. The number of ether oxygens (including phenoxy) is 1. The number of carboxylic acid groups (broad SMARTS) is 1. The zero-order valence-electron chi connectivity index (χ0n) is 12.8. The number of halogens is 2. The molecule has 1 saturated heterocycles. The van der Waals surface area contributed by atoms with Gasteiger partial charge in [0.25, 0.3) is 0 Å². The summed E-state index contributed by atoms with van der Waals surface area (Å²) < 4.78 is 19.4. The summed E-state index contributed by atoms with van der Waals surface area (Å²) in [4.78, 5) is 10.9. The molecule has 0 aliphatic carbocycles. The van der Waals surface area contributed by atoms with Gasteiger partial charge in [-0.1, -0.05) is 29.8 Å². The number of aromatic carboxylic acids is 1. The Balaban J connectivity index is 1.65. The van der Waals surface area contributed by atoms with Gasteiger partial charge < -0.3 is 15.2 Å². The number of hydrogen-bond acceptors (Lipinski definition) is 3. The van der Waals surface area contributed by atoms with E-state index >= 15 is 0 Å². The Labute approximate surface area is 144 Å². The number of carboxylic acids is 1. The summed E-state index contributed by atoms with van der Waals surface area (Å²) in [6.07, 6.45) is 0.595. The second-order valence-corrected chi connectivity index (χ2v) is 6.15. The standard InChI is InChI=1S/C18H17ClFNO3/c19-14-6-5-13(9-15(14)20)17-16(7-8-24-17)21-10-11-1-3-12(4-2-11)18(22)23/h1-6,9,16-17,21H,7-8,10H2,(H,22,23). The quantitative estimate of drug-likeness (QED) is 0.862. The monoisotopic (exact) mass is 349 g/mol. The van der Waals surface area contributed by atoms with Crippen molar-refractivity contribution in [1.82, 2.24) is 5.32 Å². The van der Waals surface area contributed by atoms with Crippen LogP contribution in [-0.2, 0) is 11.3 Å². The van der Waals surface area contributed by atoms with Crippen LogP contribution in [0.3, 0.4) is 0 Å². The summed E-state index contributed by atoms with van der Waals surface area (Å²) in [7, 11) is 0. The second kappa shape index (κ2) is 7.30. The third-order valence-corrected chi connectivity index (χ3v) is 4.44. The molecule has 1 heterocycles. The summed E-state index contributed by atoms with van der Waals surface area (Å²) in [6.45, 7) is 1.19. The molecule has 0 aromatic heterocycles. The summed E-state index contributed by atoms with van der Waals surface area (Å²) in [5.41, 5.74) is 2.00. The molecule has 1 fully saturated rings. The van der Waals surface area contributed by atoms with E-state index in [2.05, 4.69) is 5.32 Å². The molecule has 0 spiro atoms. The van der Waals surface area contributed by atoms with Gasteiger partial charge in [0.1, 0.15) is 5.82 Å². The van der Waals surface area contributed by atoms with Crippen molar-refractivity contribution in [3.63, 3.8) is 0 Å². The van der Waals surface area contributed by atoms with Crippen molar-refractivity contribution in [2.45, 2.75) is 25.1 Å². The Morgan fingerprint density at radius 2 is 2.04 bits per heavy atom. The molecule has 2 unspecified atom stereocenters. The van der Waals surface area contributed by atoms with E-state index in [9.17, 15) is 9.18 Å². The van der Waals surface area contributed by atoms with Gasteiger partial charge in [-0.05, 0) is 41.8 Å². The van der Waals surface area contributed by atoms with Crippen molar-refractivity contribution in [2.24, 2.45) is 0 Å². The van der Waals surface area contributed by atoms with Crippen molar-refractivity contribution >= 4 is 17.6 Å². The number of carbonyl (C=O) groups is 1. The van der Waals surface area contributed by atoms with Gasteiger partial charge in [0.2, 0.25) is 0 Å². The summed E-state index contributed by atoms with van der Waals surface area (Å²) in [6, 6.07) is 11.5. The van der Waals surface area contributed by atoms with Crippen LogP contribution in [0.4, 0.5) is 4.39 Å². The van der Waals surface area contributed by atoms with Gasteiger partial charge in [-0.15, -0.1) is 0 Å². The van der Waals surface area contributed by atoms with E-state index in [-0.39, 0.29) is 22.7 Å². The third kappa shape index (κ3) is 3.75. The lowest BCUT2D eigenvalue weighted by atomic mass is 10.0. The molecule has 4 nitrogen and oxygen atoms in total. The molecule has 6 heteroatoms. The molecule has 24 heavy (non-hydrogen) atoms. The number of rotatable bonds is 5. The third-order valence-electron chi connectivity index (χ3n) is 4.13. The van der Waals surface area contributed by atoms with Crippen LogP contribution in [0.25, 0.3) is 0 Å². The number of benzene rings is 2. The molecular weight excluding hydrogens is 333 g/mol. The topological polar surface area (TPSA) is 58.6 Å². The molecule has 2 N–H and O–H groups in total. The highest BCUT2D eigenvalue weighted by Crippen LogP contribution is 2.31. The van der Waals surface area contributed by atoms with E-state index < -0.39 is 11.8 Å². The van der Waals surface area contributed by atoms with Crippen molar-refractivity contribution in [1.29, 1.82) is 0 Å². The lowest BCUT2D eigenvalue weighted by Crippen LogP contribution is -2.31. The van der Waals surface area contributed by atoms with Gasteiger partial charge in [-0.25, -0.2) is 9.18 Å². The summed E-state index contributed by atoms with van der Waals surface area (Å²) >= 11 is 5.73. The van der Waals surface area contributed by atoms with Crippen LogP contribution in [-0.4, -0.2) is 23.7 Å². The molecule has 0 bridgehead atoms. The molecule has 1 aliphatic heterocycles. The average Bonchev–Trinajstić information content (AvgIpc) is 3.04. The van der Waals surface area contributed by atoms with E-state index in [1.165, 1.54) is 12.1 Å². The van der Waals surface area contributed by atoms with Gasteiger partial charge >= 0.3 is 5.97 Å². The van der Waals surface area contributed by atoms with E-state index in [1.54, 1.807) is 30.3 Å². The first-order chi connectivity index (χ1) is 11.5. The maximum absolute atomic E-state index is 13.7. The molecule has 2 atom stereocenters. The number of nitrogens with one attached hydrogen (secondary N) is 1. The van der Waals surface area contributed by atoms with Gasteiger partial charge in [0.05, 0.1) is 16.7 Å². The first-order valence-electron chi connectivity index (χ1n) is 7.67. The minimum atomic E-state index is -0.941. The molecule has 2 aromatic carbocycles. The zero-order valence-corrected chi connectivity index (χ0v) is 13.6. The Morgan fingerprint density at radius 3 is 2.71 bits per heavy atom. The van der Waals surface area contributed by atoms with Crippen molar-refractivity contribution < 1.29 is 19.0 Å². The largest absolute Gasteiger partial charge is 0.478 e. The average molecular weight is 350 g/mol. The van der Waals surface area contributed by atoms with Crippen LogP contribution in [0, 0.1) is 5.82 Å². The Bertz CT molecular complexity index is 736. The predicted molar refractivity (Wildman–Crippen MR) is 88.7 cm³/mol. The Morgan fingerprint density at radius 1 is 1.29 bits per heavy atom. The van der Waals surface area contributed by atoms with Crippen LogP contribution in [0.2, 0.25) is 5.02 Å². The first-order valence-corrected chi connectivity index (χ1v) is 8.04. The minimum Gasteiger partial charge on any atom is -0.478 e. The SMILES string of the molecule is O=C(O)c1ccc(CNC2CCOC2c2ccc(Cl)c(F)c2)cc1. The van der Waals surface area contributed by atoms with E-state index in [1.807, 2.05) is 0 Å².